The number of hydrogen-bond acceptors (Lipinski definition) is 7. The predicted octanol–water partition coefficient (Wildman–Crippen LogP) is 3.44. The maximum absolute atomic E-state index is 12.5. The number of carbonyl (C=O) groups excluding carboxylic acids is 3. The van der Waals surface area contributed by atoms with E-state index in [4.69, 9.17) is 16.3 Å². The minimum atomic E-state index is -0.912. The van der Waals surface area contributed by atoms with Crippen LogP contribution in [0.5, 0.6) is 0 Å². The zero-order valence-corrected chi connectivity index (χ0v) is 16.9. The van der Waals surface area contributed by atoms with Crippen molar-refractivity contribution in [1.82, 2.24) is 9.88 Å². The van der Waals surface area contributed by atoms with Gasteiger partial charge >= 0.3 is 5.97 Å². The van der Waals surface area contributed by atoms with Gasteiger partial charge in [-0.25, -0.2) is 4.98 Å². The van der Waals surface area contributed by atoms with Gasteiger partial charge in [0.2, 0.25) is 0 Å². The number of benzene rings is 2. The van der Waals surface area contributed by atoms with Gasteiger partial charge < -0.3 is 4.74 Å². The van der Waals surface area contributed by atoms with Crippen LogP contribution in [-0.4, -0.2) is 39.1 Å². The highest BCUT2D eigenvalue weighted by Gasteiger charge is 2.41. The van der Waals surface area contributed by atoms with Gasteiger partial charge in [-0.1, -0.05) is 29.8 Å². The highest BCUT2D eigenvalue weighted by atomic mass is 35.5. The third-order valence-electron chi connectivity index (χ3n) is 4.85. The predicted molar refractivity (Wildman–Crippen MR) is 110 cm³/mol. The van der Waals surface area contributed by atoms with Gasteiger partial charge in [-0.2, -0.15) is 0 Å². The maximum atomic E-state index is 12.5. The highest BCUT2D eigenvalue weighted by Crippen LogP contribution is 2.30. The van der Waals surface area contributed by atoms with Gasteiger partial charge in [0, 0.05) is 17.0 Å². The van der Waals surface area contributed by atoms with Crippen LogP contribution in [0.4, 0.5) is 5.69 Å². The van der Waals surface area contributed by atoms with Gasteiger partial charge in [-0.3, -0.25) is 29.4 Å². The molecule has 0 spiro atoms. The molecule has 156 valence electrons. The van der Waals surface area contributed by atoms with Gasteiger partial charge in [-0.15, -0.1) is 0 Å². The number of aromatic nitrogens is 1. The molecule has 3 aromatic rings. The summed E-state index contributed by atoms with van der Waals surface area (Å²) in [7, 11) is 0. The summed E-state index contributed by atoms with van der Waals surface area (Å²) in [4.78, 5) is 52.6. The van der Waals surface area contributed by atoms with E-state index >= 15 is 0 Å². The summed E-state index contributed by atoms with van der Waals surface area (Å²) in [5.74, 6) is -2.57. The lowest BCUT2D eigenvalue weighted by Crippen LogP contribution is -2.35. The van der Waals surface area contributed by atoms with E-state index in [0.717, 1.165) is 17.0 Å². The number of hydrogen-bond donors (Lipinski definition) is 0. The lowest BCUT2D eigenvalue weighted by molar-refractivity contribution is -0.385. The minimum Gasteiger partial charge on any atom is -0.459 e. The number of rotatable bonds is 5. The average molecular weight is 440 g/mol. The molecule has 0 saturated carbocycles. The number of halogens is 1. The molecule has 2 aromatic carbocycles. The summed E-state index contributed by atoms with van der Waals surface area (Å²) < 4.78 is 5.17. The van der Waals surface area contributed by atoms with Gasteiger partial charge in [-0.05, 0) is 30.7 Å². The van der Waals surface area contributed by atoms with Crippen molar-refractivity contribution in [3.8, 4) is 0 Å². The fraction of sp³-hybridized carbons (Fsp3) is 0.143. The quantitative estimate of drug-likeness (QED) is 0.196. The second-order valence-electron chi connectivity index (χ2n) is 6.95. The SMILES string of the molecule is Cc1ccc2cc(COC(=O)CN3C(=O)c4cccc([N+](=O)[O-])c4C3=O)c(Cl)nc2c1. The van der Waals surface area contributed by atoms with E-state index in [1.165, 1.54) is 12.1 Å². The first-order valence-corrected chi connectivity index (χ1v) is 9.49. The number of carbonyl (C=O) groups is 3. The second-order valence-corrected chi connectivity index (χ2v) is 7.31. The molecule has 1 aliphatic rings. The molecule has 0 unspecified atom stereocenters. The summed E-state index contributed by atoms with van der Waals surface area (Å²) in [5.41, 5.74) is 1.25. The molecule has 0 atom stereocenters. The van der Waals surface area contributed by atoms with Crippen LogP contribution in [0.3, 0.4) is 0 Å². The lowest BCUT2D eigenvalue weighted by Gasteiger charge is -2.13. The molecule has 10 heteroatoms. The summed E-state index contributed by atoms with van der Waals surface area (Å²) in [6.07, 6.45) is 0. The van der Waals surface area contributed by atoms with E-state index in [-0.39, 0.29) is 22.9 Å². The van der Waals surface area contributed by atoms with E-state index in [9.17, 15) is 24.5 Å². The fourth-order valence-corrected chi connectivity index (χ4v) is 3.54. The molecule has 0 aliphatic carbocycles. The Morgan fingerprint density at radius 1 is 1.19 bits per heavy atom. The average Bonchev–Trinajstić information content (AvgIpc) is 2.97. The Bertz CT molecular complexity index is 1290. The number of nitro groups is 1. The molecule has 1 aliphatic heterocycles. The Labute approximate surface area is 180 Å². The minimum absolute atomic E-state index is 0.121. The number of imide groups is 1. The maximum Gasteiger partial charge on any atom is 0.326 e. The Morgan fingerprint density at radius 2 is 1.97 bits per heavy atom. The van der Waals surface area contributed by atoms with E-state index in [1.54, 1.807) is 6.07 Å². The van der Waals surface area contributed by atoms with E-state index in [1.807, 2.05) is 25.1 Å². The smallest absolute Gasteiger partial charge is 0.326 e. The number of pyridine rings is 1. The number of fused-ring (bicyclic) bond motifs is 2. The Balaban J connectivity index is 1.48. The van der Waals surface area contributed by atoms with Crippen molar-refractivity contribution in [1.29, 1.82) is 0 Å². The first-order chi connectivity index (χ1) is 14.8. The number of amides is 2. The lowest BCUT2D eigenvalue weighted by atomic mass is 10.1. The first kappa shape index (κ1) is 20.4. The number of ether oxygens (including phenoxy) is 1. The van der Waals surface area contributed by atoms with Crippen molar-refractivity contribution in [3.05, 3.63) is 80.0 Å². The molecule has 2 amide bonds. The zero-order chi connectivity index (χ0) is 22.3. The van der Waals surface area contributed by atoms with Crippen LogP contribution in [0, 0.1) is 17.0 Å². The fourth-order valence-electron chi connectivity index (χ4n) is 3.34. The monoisotopic (exact) mass is 439 g/mol. The molecule has 0 radical (unpaired) electrons. The topological polar surface area (TPSA) is 120 Å². The highest BCUT2D eigenvalue weighted by molar-refractivity contribution is 6.30. The van der Waals surface area contributed by atoms with Crippen LogP contribution in [0.25, 0.3) is 10.9 Å². The third-order valence-corrected chi connectivity index (χ3v) is 5.18. The first-order valence-electron chi connectivity index (χ1n) is 9.11. The van der Waals surface area contributed by atoms with Gasteiger partial charge in [0.25, 0.3) is 17.5 Å². The van der Waals surface area contributed by atoms with Crippen LogP contribution in [0.15, 0.2) is 42.5 Å². The normalized spacial score (nSPS) is 12.9. The molecule has 0 N–H and O–H groups in total. The standard InChI is InChI=1S/C21H14ClN3O6/c1-11-5-6-12-8-13(19(22)23-15(12)7-11)10-31-17(26)9-24-20(27)14-3-2-4-16(25(29)30)18(14)21(24)28/h2-8H,9-10H2,1H3. The van der Waals surface area contributed by atoms with E-state index < -0.39 is 34.9 Å². The van der Waals surface area contributed by atoms with Crippen LogP contribution in [-0.2, 0) is 16.1 Å². The number of esters is 1. The van der Waals surface area contributed by atoms with Crippen molar-refractivity contribution < 1.29 is 24.0 Å². The molecule has 31 heavy (non-hydrogen) atoms. The van der Waals surface area contributed by atoms with Crippen molar-refractivity contribution >= 4 is 46.0 Å². The van der Waals surface area contributed by atoms with Crippen molar-refractivity contribution in [3.63, 3.8) is 0 Å². The zero-order valence-electron chi connectivity index (χ0n) is 16.1. The molecule has 9 nitrogen and oxygen atoms in total. The third kappa shape index (κ3) is 3.71. The Morgan fingerprint density at radius 3 is 2.71 bits per heavy atom. The summed E-state index contributed by atoms with van der Waals surface area (Å²) in [5, 5.41) is 12.1. The number of nitrogens with zero attached hydrogens (tertiary/aromatic N) is 3. The molecule has 0 saturated heterocycles. The van der Waals surface area contributed by atoms with Crippen LogP contribution in [0.2, 0.25) is 5.15 Å². The molecule has 2 heterocycles. The summed E-state index contributed by atoms with van der Waals surface area (Å²) in [6.45, 7) is 1.04. The van der Waals surface area contributed by atoms with Crippen molar-refractivity contribution in [2.45, 2.75) is 13.5 Å². The molecular weight excluding hydrogens is 426 g/mol. The van der Waals surface area contributed by atoms with Crippen molar-refractivity contribution in [2.24, 2.45) is 0 Å². The van der Waals surface area contributed by atoms with Crippen LogP contribution in [0.1, 0.15) is 31.8 Å². The Kier molecular flexibility index (Phi) is 5.12. The van der Waals surface area contributed by atoms with E-state index in [0.29, 0.717) is 16.0 Å². The molecular formula is C21H14ClN3O6. The molecule has 0 fully saturated rings. The van der Waals surface area contributed by atoms with E-state index in [2.05, 4.69) is 4.98 Å². The van der Waals surface area contributed by atoms with Crippen LogP contribution < -0.4 is 0 Å². The van der Waals surface area contributed by atoms with Gasteiger partial charge in [0.1, 0.15) is 23.9 Å². The Hall–Kier alpha value is -3.85. The van der Waals surface area contributed by atoms with Crippen molar-refractivity contribution in [2.75, 3.05) is 6.54 Å². The summed E-state index contributed by atoms with van der Waals surface area (Å²) in [6, 6.07) is 11.1. The molecule has 1 aromatic heterocycles. The van der Waals surface area contributed by atoms with Crippen LogP contribution >= 0.6 is 11.6 Å². The molecule has 0 bridgehead atoms. The summed E-state index contributed by atoms with van der Waals surface area (Å²) >= 11 is 6.18. The van der Waals surface area contributed by atoms with Gasteiger partial charge in [0.05, 0.1) is 16.0 Å². The van der Waals surface area contributed by atoms with Gasteiger partial charge in [0.15, 0.2) is 0 Å². The molecule has 4 rings (SSSR count). The largest absolute Gasteiger partial charge is 0.459 e. The second kappa shape index (κ2) is 7.77. The number of nitro benzene ring substituents is 1. The number of aryl methyl sites for hydroxylation is 1.